The molecule has 0 spiro atoms. The molecule has 0 aromatic carbocycles. The fourth-order valence-electron chi connectivity index (χ4n) is 1.41. The Morgan fingerprint density at radius 1 is 1.47 bits per heavy atom. The van der Waals surface area contributed by atoms with Crippen molar-refractivity contribution >= 4 is 17.5 Å². The van der Waals surface area contributed by atoms with Crippen molar-refractivity contribution in [2.75, 3.05) is 5.32 Å². The Kier molecular flexibility index (Phi) is 2.78. The van der Waals surface area contributed by atoms with E-state index in [-0.39, 0.29) is 5.82 Å². The van der Waals surface area contributed by atoms with E-state index in [0.29, 0.717) is 11.5 Å². The zero-order valence-electron chi connectivity index (χ0n) is 9.43. The highest BCUT2D eigenvalue weighted by atomic mass is 16.5. The first-order valence-corrected chi connectivity index (χ1v) is 4.98. The molecule has 1 amide bonds. The van der Waals surface area contributed by atoms with E-state index in [1.54, 1.807) is 36.9 Å². The number of nitrogens with zero attached hydrogens (tertiary/aromatic N) is 2. The number of hydrogen-bond donors (Lipinski definition) is 1. The second-order valence-electron chi connectivity index (χ2n) is 3.61. The van der Waals surface area contributed by atoms with E-state index in [1.807, 2.05) is 0 Å². The van der Waals surface area contributed by atoms with Gasteiger partial charge in [0.05, 0.1) is 5.69 Å². The molecular weight excluding hydrogens is 222 g/mol. The second-order valence-corrected chi connectivity index (χ2v) is 3.61. The summed E-state index contributed by atoms with van der Waals surface area (Å²) in [5, 5.41) is 5.95. The molecule has 0 aliphatic rings. The van der Waals surface area contributed by atoms with Crippen molar-refractivity contribution in [3.8, 4) is 0 Å². The number of carbonyl (C=O) groups is 2. The van der Waals surface area contributed by atoms with Crippen LogP contribution in [0, 0.1) is 6.92 Å². The molecule has 0 aliphatic carbocycles. The number of rotatable bonds is 3. The van der Waals surface area contributed by atoms with E-state index in [2.05, 4.69) is 10.5 Å². The number of carbonyl (C=O) groups excluding carboxylic acids is 2. The van der Waals surface area contributed by atoms with Gasteiger partial charge in [0.15, 0.2) is 5.82 Å². The molecule has 2 aromatic heterocycles. The van der Waals surface area contributed by atoms with Gasteiger partial charge >= 0.3 is 0 Å². The van der Waals surface area contributed by atoms with Crippen LogP contribution in [-0.4, -0.2) is 21.4 Å². The average Bonchev–Trinajstić information content (AvgIpc) is 2.86. The van der Waals surface area contributed by atoms with E-state index in [4.69, 9.17) is 4.52 Å². The molecule has 0 saturated carbocycles. The molecule has 1 N–H and O–H groups in total. The molecular formula is C11H11N3O3. The maximum absolute atomic E-state index is 11.7. The monoisotopic (exact) mass is 233 g/mol. The lowest BCUT2D eigenvalue weighted by Crippen LogP contribution is -2.24. The summed E-state index contributed by atoms with van der Waals surface area (Å²) < 4.78 is 6.36. The molecule has 0 saturated heterocycles. The molecule has 0 radical (unpaired) electrons. The summed E-state index contributed by atoms with van der Waals surface area (Å²) in [6, 6.07) is 4.81. The van der Waals surface area contributed by atoms with E-state index in [9.17, 15) is 9.59 Å². The van der Waals surface area contributed by atoms with Crippen molar-refractivity contribution in [3.63, 3.8) is 0 Å². The molecule has 6 heteroatoms. The van der Waals surface area contributed by atoms with Crippen LogP contribution in [0.4, 0.5) is 5.82 Å². The highest BCUT2D eigenvalue weighted by molar-refractivity contribution is 6.46. The number of nitrogens with one attached hydrogen (secondary N) is 1. The molecule has 0 fully saturated rings. The molecule has 2 aromatic rings. The third kappa shape index (κ3) is 2.25. The van der Waals surface area contributed by atoms with Crippen LogP contribution in [0.25, 0.3) is 0 Å². The Balaban J connectivity index is 2.11. The second kappa shape index (κ2) is 4.25. The molecule has 2 rings (SSSR count). The van der Waals surface area contributed by atoms with Gasteiger partial charge in [0, 0.05) is 19.3 Å². The summed E-state index contributed by atoms with van der Waals surface area (Å²) in [7, 11) is 1.70. The fraction of sp³-hybridized carbons (Fsp3) is 0.182. The Labute approximate surface area is 97.2 Å². The lowest BCUT2D eigenvalue weighted by atomic mass is 10.2. The van der Waals surface area contributed by atoms with Crippen LogP contribution in [0.1, 0.15) is 16.2 Å². The van der Waals surface area contributed by atoms with E-state index < -0.39 is 11.7 Å². The molecule has 0 unspecified atom stereocenters. The van der Waals surface area contributed by atoms with Gasteiger partial charge in [-0.05, 0) is 19.1 Å². The fourth-order valence-corrected chi connectivity index (χ4v) is 1.41. The molecule has 2 heterocycles. The summed E-state index contributed by atoms with van der Waals surface area (Å²) in [6.07, 6.45) is 1.70. The first-order valence-electron chi connectivity index (χ1n) is 4.98. The van der Waals surface area contributed by atoms with Crippen molar-refractivity contribution in [1.82, 2.24) is 9.72 Å². The van der Waals surface area contributed by atoms with Gasteiger partial charge in [-0.15, -0.1) is 0 Å². The zero-order valence-corrected chi connectivity index (χ0v) is 9.43. The van der Waals surface area contributed by atoms with Crippen LogP contribution in [0.5, 0.6) is 0 Å². The van der Waals surface area contributed by atoms with Gasteiger partial charge in [-0.25, -0.2) is 0 Å². The molecule has 0 aliphatic heterocycles. The molecule has 17 heavy (non-hydrogen) atoms. The maximum Gasteiger partial charge on any atom is 0.299 e. The van der Waals surface area contributed by atoms with Crippen LogP contribution in [0.15, 0.2) is 28.9 Å². The topological polar surface area (TPSA) is 77.1 Å². The van der Waals surface area contributed by atoms with Crippen LogP contribution < -0.4 is 5.32 Å². The van der Waals surface area contributed by atoms with Crippen LogP contribution in [-0.2, 0) is 11.8 Å². The van der Waals surface area contributed by atoms with Crippen LogP contribution in [0.3, 0.4) is 0 Å². The van der Waals surface area contributed by atoms with E-state index in [0.717, 1.165) is 0 Å². The first kappa shape index (κ1) is 11.1. The lowest BCUT2D eigenvalue weighted by Gasteiger charge is -2.01. The van der Waals surface area contributed by atoms with Gasteiger partial charge in [-0.1, -0.05) is 5.16 Å². The van der Waals surface area contributed by atoms with Gasteiger partial charge in [-0.2, -0.15) is 0 Å². The van der Waals surface area contributed by atoms with Gasteiger partial charge in [-0.3, -0.25) is 9.59 Å². The lowest BCUT2D eigenvalue weighted by molar-refractivity contribution is -0.112. The normalized spacial score (nSPS) is 10.2. The third-order valence-corrected chi connectivity index (χ3v) is 2.25. The highest BCUT2D eigenvalue weighted by Gasteiger charge is 2.19. The summed E-state index contributed by atoms with van der Waals surface area (Å²) in [6.45, 7) is 1.70. The Morgan fingerprint density at radius 3 is 2.76 bits per heavy atom. The van der Waals surface area contributed by atoms with Crippen molar-refractivity contribution in [1.29, 1.82) is 0 Å². The van der Waals surface area contributed by atoms with Gasteiger partial charge in [0.25, 0.3) is 11.7 Å². The molecule has 6 nitrogen and oxygen atoms in total. The zero-order chi connectivity index (χ0) is 12.4. The largest absolute Gasteiger partial charge is 0.360 e. The number of aromatic nitrogens is 2. The van der Waals surface area contributed by atoms with Crippen LogP contribution in [0.2, 0.25) is 0 Å². The van der Waals surface area contributed by atoms with E-state index >= 15 is 0 Å². The summed E-state index contributed by atoms with van der Waals surface area (Å²) in [5.74, 6) is -0.556. The van der Waals surface area contributed by atoms with Gasteiger partial charge in [0.2, 0.25) is 0 Å². The SMILES string of the molecule is Cc1cc(NC(=O)C(=O)c2cccn2C)no1. The number of Topliss-reactive ketones (excluding diaryl/α,β-unsaturated/α-hetero) is 1. The number of aryl methyl sites for hydroxylation is 2. The third-order valence-electron chi connectivity index (χ3n) is 2.25. The molecule has 0 bridgehead atoms. The minimum atomic E-state index is -0.736. The molecule has 0 atom stereocenters. The molecule has 88 valence electrons. The van der Waals surface area contributed by atoms with Gasteiger partial charge < -0.3 is 14.4 Å². The Bertz CT molecular complexity index is 568. The number of hydrogen-bond acceptors (Lipinski definition) is 4. The number of ketones is 1. The quantitative estimate of drug-likeness (QED) is 0.637. The van der Waals surface area contributed by atoms with Crippen molar-refractivity contribution < 1.29 is 14.1 Å². The van der Waals surface area contributed by atoms with E-state index in [1.165, 1.54) is 6.07 Å². The Hall–Kier alpha value is -2.37. The number of amides is 1. The summed E-state index contributed by atoms with van der Waals surface area (Å²) in [5.41, 5.74) is 0.322. The van der Waals surface area contributed by atoms with Crippen molar-refractivity contribution in [3.05, 3.63) is 35.9 Å². The first-order chi connectivity index (χ1) is 8.08. The Morgan fingerprint density at radius 2 is 2.24 bits per heavy atom. The van der Waals surface area contributed by atoms with Crippen LogP contribution >= 0.6 is 0 Å². The van der Waals surface area contributed by atoms with Crippen molar-refractivity contribution in [2.24, 2.45) is 7.05 Å². The van der Waals surface area contributed by atoms with Crippen molar-refractivity contribution in [2.45, 2.75) is 6.92 Å². The summed E-state index contributed by atoms with van der Waals surface area (Å²) in [4.78, 5) is 23.4. The predicted octanol–water partition coefficient (Wildman–Crippen LogP) is 1.14. The number of anilines is 1. The minimum absolute atomic E-state index is 0.232. The summed E-state index contributed by atoms with van der Waals surface area (Å²) >= 11 is 0. The maximum atomic E-state index is 11.7. The standard InChI is InChI=1S/C11H11N3O3/c1-7-6-9(13-17-7)12-11(16)10(15)8-4-3-5-14(8)2/h3-6H,1-2H3,(H,12,13,16). The highest BCUT2D eigenvalue weighted by Crippen LogP contribution is 2.08. The average molecular weight is 233 g/mol. The van der Waals surface area contributed by atoms with Gasteiger partial charge in [0.1, 0.15) is 5.76 Å². The predicted molar refractivity (Wildman–Crippen MR) is 59.6 cm³/mol. The minimum Gasteiger partial charge on any atom is -0.360 e. The smallest absolute Gasteiger partial charge is 0.299 e.